The van der Waals surface area contributed by atoms with Crippen LogP contribution in [0.4, 0.5) is 18.9 Å². The molecule has 0 bridgehead atoms. The van der Waals surface area contributed by atoms with Gasteiger partial charge in [-0.05, 0) is 11.1 Å². The summed E-state index contributed by atoms with van der Waals surface area (Å²) < 4.78 is 37.0. The molecular formula is C16H16F3N3O2S. The lowest BCUT2D eigenvalue weighted by atomic mass is 10.1. The van der Waals surface area contributed by atoms with Gasteiger partial charge in [0.05, 0.1) is 16.7 Å². The van der Waals surface area contributed by atoms with Crippen molar-refractivity contribution in [3.8, 4) is 0 Å². The average molecular weight is 371 g/mol. The normalized spacial score (nSPS) is 12.6. The zero-order valence-electron chi connectivity index (χ0n) is 12.9. The van der Waals surface area contributed by atoms with Crippen LogP contribution in [0.15, 0.2) is 36.5 Å². The van der Waals surface area contributed by atoms with Gasteiger partial charge in [0.15, 0.2) is 6.10 Å². The first-order valence-corrected chi connectivity index (χ1v) is 7.68. The highest BCUT2D eigenvalue weighted by molar-refractivity contribution is 7.71. The van der Waals surface area contributed by atoms with Gasteiger partial charge in [-0.2, -0.15) is 13.2 Å². The van der Waals surface area contributed by atoms with Gasteiger partial charge in [0.25, 0.3) is 5.91 Å². The summed E-state index contributed by atoms with van der Waals surface area (Å²) in [5.41, 5.74) is 7.36. The topological polar surface area (TPSA) is 91.1 Å². The van der Waals surface area contributed by atoms with Crippen LogP contribution in [0.2, 0.25) is 0 Å². The Labute approximate surface area is 146 Å². The minimum atomic E-state index is -4.81. The van der Waals surface area contributed by atoms with E-state index in [0.29, 0.717) is 12.0 Å². The minimum Gasteiger partial charge on any atom is -0.396 e. The van der Waals surface area contributed by atoms with Gasteiger partial charge in [-0.25, -0.2) is 0 Å². The van der Waals surface area contributed by atoms with Gasteiger partial charge in [0.2, 0.25) is 0 Å². The largest absolute Gasteiger partial charge is 0.416 e. The summed E-state index contributed by atoms with van der Waals surface area (Å²) in [6, 6.07) is 9.44. The molecule has 0 aliphatic heterocycles. The molecule has 5 N–H and O–H groups in total. The van der Waals surface area contributed by atoms with Crippen molar-refractivity contribution in [2.24, 2.45) is 0 Å². The van der Waals surface area contributed by atoms with E-state index >= 15 is 0 Å². The number of benzene rings is 1. The summed E-state index contributed by atoms with van der Waals surface area (Å²) in [5, 5.41) is 10.9. The van der Waals surface area contributed by atoms with Gasteiger partial charge in [0.1, 0.15) is 5.69 Å². The van der Waals surface area contributed by atoms with Crippen molar-refractivity contribution >= 4 is 23.8 Å². The van der Waals surface area contributed by atoms with E-state index in [9.17, 15) is 18.0 Å². The lowest BCUT2D eigenvalue weighted by Gasteiger charge is -2.15. The Morgan fingerprint density at radius 2 is 1.96 bits per heavy atom. The summed E-state index contributed by atoms with van der Waals surface area (Å²) in [6.45, 7) is -0.978. The number of carbonyl (C=O) groups excluding carboxylic acids is 1. The number of aromatic nitrogens is 1. The van der Waals surface area contributed by atoms with E-state index in [0.717, 1.165) is 5.56 Å². The van der Waals surface area contributed by atoms with Crippen molar-refractivity contribution in [1.29, 1.82) is 0 Å². The van der Waals surface area contributed by atoms with Crippen molar-refractivity contribution < 1.29 is 23.1 Å². The fourth-order valence-electron chi connectivity index (χ4n) is 2.12. The van der Waals surface area contributed by atoms with Crippen molar-refractivity contribution in [3.63, 3.8) is 0 Å². The van der Waals surface area contributed by atoms with E-state index in [-0.39, 0.29) is 15.9 Å². The Bertz CT molecular complexity index is 807. The molecule has 0 fully saturated rings. The van der Waals surface area contributed by atoms with Crippen LogP contribution in [-0.2, 0) is 6.42 Å². The van der Waals surface area contributed by atoms with E-state index in [2.05, 4.69) is 4.98 Å². The zero-order valence-corrected chi connectivity index (χ0v) is 13.7. The number of H-pyrrole nitrogens is 1. The van der Waals surface area contributed by atoms with Crippen molar-refractivity contribution in [2.45, 2.75) is 18.7 Å². The Kier molecular flexibility index (Phi) is 5.81. The predicted molar refractivity (Wildman–Crippen MR) is 89.7 cm³/mol. The van der Waals surface area contributed by atoms with Crippen LogP contribution in [0.1, 0.15) is 21.6 Å². The molecular weight excluding hydrogens is 355 g/mol. The number of aliphatic hydroxyl groups excluding tert-OH is 1. The first-order valence-electron chi connectivity index (χ1n) is 7.27. The number of alkyl halides is 3. The molecule has 1 atom stereocenters. The first-order chi connectivity index (χ1) is 11.7. The highest BCUT2D eigenvalue weighted by atomic mass is 32.1. The highest BCUT2D eigenvalue weighted by Gasteiger charge is 2.38. The number of hydrogen-bond donors (Lipinski definition) is 4. The van der Waals surface area contributed by atoms with E-state index in [1.807, 2.05) is 35.6 Å². The SMILES string of the molecule is Nc1c(C(=O)NCC(O)C(F)(F)F)[nH]cc(Cc2ccccc2)c1=S. The van der Waals surface area contributed by atoms with Gasteiger partial charge < -0.3 is 21.1 Å². The minimum absolute atomic E-state index is 0.0255. The molecule has 0 saturated heterocycles. The zero-order chi connectivity index (χ0) is 18.6. The van der Waals surface area contributed by atoms with E-state index in [4.69, 9.17) is 23.1 Å². The number of amides is 1. The third-order valence-electron chi connectivity index (χ3n) is 3.49. The fraction of sp³-hybridized carbons (Fsp3) is 0.250. The molecule has 0 radical (unpaired) electrons. The molecule has 2 rings (SSSR count). The van der Waals surface area contributed by atoms with Crippen molar-refractivity contribution in [1.82, 2.24) is 10.3 Å². The maximum absolute atomic E-state index is 12.3. The van der Waals surface area contributed by atoms with Crippen LogP contribution in [0, 0.1) is 4.51 Å². The average Bonchev–Trinajstić information content (AvgIpc) is 2.56. The Morgan fingerprint density at radius 3 is 2.56 bits per heavy atom. The van der Waals surface area contributed by atoms with Crippen LogP contribution >= 0.6 is 12.2 Å². The number of pyridine rings is 1. The summed E-state index contributed by atoms with van der Waals surface area (Å²) in [6.07, 6.45) is -5.47. The molecule has 1 aromatic heterocycles. The van der Waals surface area contributed by atoms with Crippen LogP contribution < -0.4 is 11.1 Å². The molecule has 1 aromatic carbocycles. The van der Waals surface area contributed by atoms with Crippen LogP contribution in [0.5, 0.6) is 0 Å². The molecule has 25 heavy (non-hydrogen) atoms. The number of carbonyl (C=O) groups is 1. The second-order valence-electron chi connectivity index (χ2n) is 5.36. The highest BCUT2D eigenvalue weighted by Crippen LogP contribution is 2.20. The molecule has 134 valence electrons. The fourth-order valence-corrected chi connectivity index (χ4v) is 2.35. The molecule has 5 nitrogen and oxygen atoms in total. The Morgan fingerprint density at radius 1 is 1.32 bits per heavy atom. The number of nitrogens with two attached hydrogens (primary N) is 1. The summed E-state index contributed by atoms with van der Waals surface area (Å²) in [4.78, 5) is 14.6. The Balaban J connectivity index is 2.14. The molecule has 2 aromatic rings. The predicted octanol–water partition coefficient (Wildman–Crippen LogP) is 2.57. The number of rotatable bonds is 5. The van der Waals surface area contributed by atoms with Gasteiger partial charge in [-0.3, -0.25) is 4.79 Å². The van der Waals surface area contributed by atoms with Gasteiger partial charge in [0, 0.05) is 12.6 Å². The summed E-state index contributed by atoms with van der Waals surface area (Å²) in [7, 11) is 0. The second-order valence-corrected chi connectivity index (χ2v) is 5.77. The van der Waals surface area contributed by atoms with Gasteiger partial charge in [-0.1, -0.05) is 42.5 Å². The third-order valence-corrected chi connectivity index (χ3v) is 3.98. The maximum atomic E-state index is 12.3. The van der Waals surface area contributed by atoms with Crippen molar-refractivity contribution in [3.05, 3.63) is 57.9 Å². The monoisotopic (exact) mass is 371 g/mol. The molecule has 0 aliphatic rings. The molecule has 1 heterocycles. The van der Waals surface area contributed by atoms with Crippen molar-refractivity contribution in [2.75, 3.05) is 12.3 Å². The number of anilines is 1. The molecule has 1 amide bonds. The van der Waals surface area contributed by atoms with Crippen LogP contribution in [0.3, 0.4) is 0 Å². The number of aliphatic hydroxyl groups is 1. The standard InChI is InChI=1S/C16H16F3N3O2S/c17-16(18,19)11(23)8-22-15(24)13-12(20)14(25)10(7-21-13)6-9-4-2-1-3-5-9/h1-5,7,11,23H,6,8,20H2,(H,21,25)(H,22,24). The quantitative estimate of drug-likeness (QED) is 0.608. The number of halogens is 3. The van der Waals surface area contributed by atoms with Crippen LogP contribution in [-0.4, -0.2) is 34.8 Å². The molecule has 9 heteroatoms. The van der Waals surface area contributed by atoms with E-state index in [1.165, 1.54) is 6.20 Å². The molecule has 1 unspecified atom stereocenters. The first kappa shape index (κ1) is 18.9. The lowest BCUT2D eigenvalue weighted by molar-refractivity contribution is -0.201. The van der Waals surface area contributed by atoms with Gasteiger partial charge in [-0.15, -0.1) is 0 Å². The van der Waals surface area contributed by atoms with Crippen LogP contribution in [0.25, 0.3) is 0 Å². The molecule has 0 aliphatic carbocycles. The maximum Gasteiger partial charge on any atom is 0.416 e. The molecule has 0 saturated carbocycles. The lowest BCUT2D eigenvalue weighted by Crippen LogP contribution is -2.41. The molecule has 0 spiro atoms. The van der Waals surface area contributed by atoms with Gasteiger partial charge >= 0.3 is 6.18 Å². The van der Waals surface area contributed by atoms with E-state index < -0.39 is 24.7 Å². The number of hydrogen-bond acceptors (Lipinski definition) is 4. The second kappa shape index (κ2) is 7.66. The smallest absolute Gasteiger partial charge is 0.396 e. The Hall–Kier alpha value is -2.39. The number of nitrogen functional groups attached to an aromatic ring is 1. The van der Waals surface area contributed by atoms with E-state index in [1.54, 1.807) is 0 Å². The third kappa shape index (κ3) is 4.80. The number of nitrogens with one attached hydrogen (secondary N) is 2. The summed E-state index contributed by atoms with van der Waals surface area (Å²) in [5.74, 6) is -0.877. The summed E-state index contributed by atoms with van der Waals surface area (Å²) >= 11 is 5.24. The number of aromatic amines is 1.